The number of hydrogen-bond acceptors (Lipinski definition) is 3. The Balaban J connectivity index is 1.57. The molecule has 0 saturated carbocycles. The van der Waals surface area contributed by atoms with Crippen LogP contribution in [-0.2, 0) is 6.54 Å². The lowest BCUT2D eigenvalue weighted by molar-refractivity contribution is 0.168. The highest BCUT2D eigenvalue weighted by Gasteiger charge is 2.08. The first-order chi connectivity index (χ1) is 14.2. The molecule has 1 heterocycles. The van der Waals surface area contributed by atoms with Gasteiger partial charge in [0.2, 0.25) is 0 Å². The van der Waals surface area contributed by atoms with Crippen LogP contribution in [0.2, 0.25) is 0 Å². The molecular formula is C22H26FN5O. The molecule has 1 aromatic heterocycles. The van der Waals surface area contributed by atoms with E-state index in [0.29, 0.717) is 37.7 Å². The maximum atomic E-state index is 14.4. The highest BCUT2D eigenvalue weighted by molar-refractivity contribution is 5.79. The summed E-state index contributed by atoms with van der Waals surface area (Å²) in [7, 11) is 0. The van der Waals surface area contributed by atoms with Gasteiger partial charge in [-0.2, -0.15) is 0 Å². The number of aliphatic hydroxyl groups excluding tert-OH is 1. The normalized spacial score (nSPS) is 12.6. The maximum absolute atomic E-state index is 14.4. The highest BCUT2D eigenvalue weighted by atomic mass is 19.1. The number of halogens is 1. The van der Waals surface area contributed by atoms with Gasteiger partial charge in [-0.3, -0.25) is 0 Å². The molecule has 0 aliphatic heterocycles. The largest absolute Gasteiger partial charge is 0.388 e. The van der Waals surface area contributed by atoms with Crippen molar-refractivity contribution in [3.8, 4) is 5.69 Å². The van der Waals surface area contributed by atoms with Gasteiger partial charge in [-0.15, -0.1) is 0 Å². The van der Waals surface area contributed by atoms with Crippen LogP contribution in [0.15, 0.2) is 72.2 Å². The Labute approximate surface area is 170 Å². The van der Waals surface area contributed by atoms with E-state index in [2.05, 4.69) is 20.6 Å². The Hall–Kier alpha value is -3.19. The number of aliphatic hydroxyl groups is 1. The number of nitrogens with zero attached hydrogens (tertiary/aromatic N) is 3. The molecule has 0 aliphatic rings. The minimum absolute atomic E-state index is 0.320. The molecule has 0 bridgehead atoms. The first kappa shape index (κ1) is 20.5. The van der Waals surface area contributed by atoms with Crippen molar-refractivity contribution in [1.29, 1.82) is 0 Å². The number of benzene rings is 2. The van der Waals surface area contributed by atoms with Gasteiger partial charge in [0, 0.05) is 25.5 Å². The average Bonchev–Trinajstić information content (AvgIpc) is 3.27. The Morgan fingerprint density at radius 2 is 2.03 bits per heavy atom. The van der Waals surface area contributed by atoms with Crippen LogP contribution in [-0.4, -0.2) is 33.7 Å². The van der Waals surface area contributed by atoms with Crippen LogP contribution >= 0.6 is 0 Å². The van der Waals surface area contributed by atoms with Crippen LogP contribution in [0, 0.1) is 5.82 Å². The lowest BCUT2D eigenvalue weighted by Gasteiger charge is -2.14. The quantitative estimate of drug-likeness (QED) is 0.405. The van der Waals surface area contributed by atoms with Gasteiger partial charge in [0.1, 0.15) is 5.82 Å². The van der Waals surface area contributed by atoms with Gasteiger partial charge < -0.3 is 20.3 Å². The smallest absolute Gasteiger partial charge is 0.191 e. The zero-order chi connectivity index (χ0) is 20.5. The van der Waals surface area contributed by atoms with Crippen molar-refractivity contribution in [2.24, 2.45) is 4.99 Å². The zero-order valence-corrected chi connectivity index (χ0v) is 16.4. The molecule has 29 heavy (non-hydrogen) atoms. The molecule has 152 valence electrons. The first-order valence-electron chi connectivity index (χ1n) is 9.69. The van der Waals surface area contributed by atoms with Gasteiger partial charge in [-0.1, -0.05) is 36.4 Å². The first-order valence-corrected chi connectivity index (χ1v) is 9.69. The van der Waals surface area contributed by atoms with Crippen LogP contribution in [0.25, 0.3) is 5.69 Å². The summed E-state index contributed by atoms with van der Waals surface area (Å²) in [5.74, 6) is 0.312. The molecule has 0 aliphatic carbocycles. The van der Waals surface area contributed by atoms with Crippen LogP contribution in [0.4, 0.5) is 4.39 Å². The van der Waals surface area contributed by atoms with Gasteiger partial charge in [-0.05, 0) is 36.6 Å². The predicted molar refractivity (Wildman–Crippen MR) is 112 cm³/mol. The highest BCUT2D eigenvalue weighted by Crippen LogP contribution is 2.16. The average molecular weight is 395 g/mol. The van der Waals surface area contributed by atoms with E-state index in [1.54, 1.807) is 29.4 Å². The second-order valence-corrected chi connectivity index (χ2v) is 6.59. The lowest BCUT2D eigenvalue weighted by Crippen LogP contribution is -2.38. The summed E-state index contributed by atoms with van der Waals surface area (Å²) in [5, 5.41) is 16.6. The van der Waals surface area contributed by atoms with Gasteiger partial charge in [0.15, 0.2) is 5.96 Å². The molecule has 0 amide bonds. The second-order valence-electron chi connectivity index (χ2n) is 6.59. The fraction of sp³-hybridized carbons (Fsp3) is 0.273. The molecular weight excluding hydrogens is 369 g/mol. The summed E-state index contributed by atoms with van der Waals surface area (Å²) in [6.45, 7) is 3.60. The number of rotatable bonds is 8. The minimum atomic E-state index is -0.531. The SMILES string of the molecule is CCNC(=NCc1ccc(-n2ccnc2)c(F)c1)NCCC(O)c1ccccc1. The Bertz CT molecular complexity index is 912. The van der Waals surface area contributed by atoms with Gasteiger partial charge >= 0.3 is 0 Å². The second kappa shape index (κ2) is 10.4. The topological polar surface area (TPSA) is 74.5 Å². The molecule has 7 heteroatoms. The number of aliphatic imine (C=N–C) groups is 1. The predicted octanol–water partition coefficient (Wildman–Crippen LogP) is 3.19. The van der Waals surface area contributed by atoms with Crippen LogP contribution in [0.3, 0.4) is 0 Å². The maximum Gasteiger partial charge on any atom is 0.191 e. The third-order valence-electron chi connectivity index (χ3n) is 4.45. The van der Waals surface area contributed by atoms with E-state index < -0.39 is 6.10 Å². The van der Waals surface area contributed by atoms with Crippen molar-refractivity contribution in [3.63, 3.8) is 0 Å². The van der Waals surface area contributed by atoms with E-state index in [-0.39, 0.29) is 5.82 Å². The van der Waals surface area contributed by atoms with Gasteiger partial charge in [0.05, 0.1) is 24.7 Å². The van der Waals surface area contributed by atoms with E-state index in [4.69, 9.17) is 0 Å². The summed E-state index contributed by atoms with van der Waals surface area (Å²) < 4.78 is 16.0. The number of hydrogen-bond donors (Lipinski definition) is 3. The fourth-order valence-electron chi connectivity index (χ4n) is 2.94. The fourth-order valence-corrected chi connectivity index (χ4v) is 2.94. The Morgan fingerprint density at radius 1 is 1.21 bits per heavy atom. The number of aromatic nitrogens is 2. The van der Waals surface area contributed by atoms with Crippen molar-refractivity contribution in [3.05, 3.63) is 84.2 Å². The Kier molecular flexibility index (Phi) is 7.35. The Morgan fingerprint density at radius 3 is 2.72 bits per heavy atom. The van der Waals surface area contributed by atoms with Crippen molar-refractivity contribution < 1.29 is 9.50 Å². The molecule has 3 N–H and O–H groups in total. The van der Waals surface area contributed by atoms with Crippen LogP contribution < -0.4 is 10.6 Å². The van der Waals surface area contributed by atoms with Crippen LogP contribution in [0.1, 0.15) is 30.6 Å². The van der Waals surface area contributed by atoms with Crippen molar-refractivity contribution in [1.82, 2.24) is 20.2 Å². The van der Waals surface area contributed by atoms with Crippen LogP contribution in [0.5, 0.6) is 0 Å². The molecule has 0 spiro atoms. The lowest BCUT2D eigenvalue weighted by atomic mass is 10.1. The summed E-state index contributed by atoms with van der Waals surface area (Å²) in [5.41, 5.74) is 2.12. The molecule has 1 atom stereocenters. The molecule has 6 nitrogen and oxygen atoms in total. The third-order valence-corrected chi connectivity index (χ3v) is 4.45. The summed E-state index contributed by atoms with van der Waals surface area (Å²) in [6, 6.07) is 14.6. The van der Waals surface area contributed by atoms with E-state index in [1.807, 2.05) is 43.3 Å². The number of imidazole rings is 1. The monoisotopic (exact) mass is 395 g/mol. The van der Waals surface area contributed by atoms with E-state index in [1.165, 1.54) is 6.07 Å². The third kappa shape index (κ3) is 5.89. The standard InChI is InChI=1S/C22H26FN5O/c1-2-25-22(26-11-10-21(29)18-6-4-3-5-7-18)27-15-17-8-9-20(19(23)14-17)28-13-12-24-16-28/h3-9,12-14,16,21,29H,2,10-11,15H2,1H3,(H2,25,26,27). The van der Waals surface area contributed by atoms with Gasteiger partial charge in [-0.25, -0.2) is 14.4 Å². The van der Waals surface area contributed by atoms with E-state index in [0.717, 1.165) is 11.1 Å². The van der Waals surface area contributed by atoms with E-state index >= 15 is 0 Å². The number of guanidine groups is 1. The van der Waals surface area contributed by atoms with E-state index in [9.17, 15) is 9.50 Å². The van der Waals surface area contributed by atoms with Crippen molar-refractivity contribution in [2.75, 3.05) is 13.1 Å². The molecule has 0 saturated heterocycles. The molecule has 0 fully saturated rings. The summed E-state index contributed by atoms with van der Waals surface area (Å²) >= 11 is 0. The summed E-state index contributed by atoms with van der Waals surface area (Å²) in [4.78, 5) is 8.46. The van der Waals surface area contributed by atoms with Gasteiger partial charge in [0.25, 0.3) is 0 Å². The van der Waals surface area contributed by atoms with Crippen molar-refractivity contribution in [2.45, 2.75) is 26.0 Å². The molecule has 3 aromatic rings. The number of nitrogens with one attached hydrogen (secondary N) is 2. The van der Waals surface area contributed by atoms with Crippen molar-refractivity contribution >= 4 is 5.96 Å². The zero-order valence-electron chi connectivity index (χ0n) is 16.4. The summed E-state index contributed by atoms with van der Waals surface area (Å²) in [6.07, 6.45) is 4.90. The molecule has 1 unspecified atom stereocenters. The molecule has 2 aromatic carbocycles. The molecule has 0 radical (unpaired) electrons. The molecule has 3 rings (SSSR count). The minimum Gasteiger partial charge on any atom is -0.388 e.